The van der Waals surface area contributed by atoms with E-state index in [2.05, 4.69) is 6.07 Å². The second kappa shape index (κ2) is 5.27. The summed E-state index contributed by atoms with van der Waals surface area (Å²) < 4.78 is 5.04. The normalized spacial score (nSPS) is 13.4. The summed E-state index contributed by atoms with van der Waals surface area (Å²) in [4.78, 5) is 14.6. The van der Waals surface area contributed by atoms with Crippen LogP contribution in [0.5, 0.6) is 0 Å². The average molecular weight is 249 g/mol. The van der Waals surface area contributed by atoms with Crippen molar-refractivity contribution in [3.63, 3.8) is 0 Å². The molecule has 17 heavy (non-hydrogen) atoms. The Balaban J connectivity index is 2.32. The van der Waals surface area contributed by atoms with E-state index in [1.165, 1.54) is 4.90 Å². The summed E-state index contributed by atoms with van der Waals surface area (Å²) in [5.74, 6) is 0. The Labute approximate surface area is 105 Å². The van der Waals surface area contributed by atoms with Gasteiger partial charge in [0.15, 0.2) is 0 Å². The van der Waals surface area contributed by atoms with Gasteiger partial charge in [0.25, 0.3) is 0 Å². The standard InChI is InChI=1S/C13H15NO2S/c1-3-16-13(15)14-8-4-5-10-9-11(17-2)6-7-12(10)14/h4-7,9H,3,8H2,1-2H3. The summed E-state index contributed by atoms with van der Waals surface area (Å²) in [7, 11) is 0. The van der Waals surface area contributed by atoms with Crippen LogP contribution in [0.1, 0.15) is 12.5 Å². The number of benzene rings is 1. The van der Waals surface area contributed by atoms with Crippen LogP contribution in [0.25, 0.3) is 6.08 Å². The van der Waals surface area contributed by atoms with Gasteiger partial charge in [0, 0.05) is 11.4 Å². The largest absolute Gasteiger partial charge is 0.449 e. The topological polar surface area (TPSA) is 29.5 Å². The van der Waals surface area contributed by atoms with Gasteiger partial charge in [-0.3, -0.25) is 4.90 Å². The van der Waals surface area contributed by atoms with Gasteiger partial charge in [-0.1, -0.05) is 12.2 Å². The first-order chi connectivity index (χ1) is 8.26. The van der Waals surface area contributed by atoms with Crippen LogP contribution in [-0.2, 0) is 4.74 Å². The molecule has 0 radical (unpaired) electrons. The lowest BCUT2D eigenvalue weighted by atomic mass is 10.1. The predicted molar refractivity (Wildman–Crippen MR) is 71.6 cm³/mol. The number of ether oxygens (including phenoxy) is 1. The van der Waals surface area contributed by atoms with Crippen molar-refractivity contribution in [1.29, 1.82) is 0 Å². The highest BCUT2D eigenvalue weighted by Gasteiger charge is 2.20. The van der Waals surface area contributed by atoms with Gasteiger partial charge < -0.3 is 4.74 Å². The van der Waals surface area contributed by atoms with Crippen LogP contribution in [0, 0.1) is 0 Å². The molecule has 1 amide bonds. The minimum absolute atomic E-state index is 0.282. The maximum absolute atomic E-state index is 11.8. The summed E-state index contributed by atoms with van der Waals surface area (Å²) in [6.07, 6.45) is 5.78. The summed E-state index contributed by atoms with van der Waals surface area (Å²) >= 11 is 1.69. The highest BCUT2D eigenvalue weighted by molar-refractivity contribution is 7.98. The van der Waals surface area contributed by atoms with Crippen molar-refractivity contribution in [2.75, 3.05) is 24.3 Å². The number of hydrogen-bond acceptors (Lipinski definition) is 3. The SMILES string of the molecule is CCOC(=O)N1CC=Cc2cc(SC)ccc21. The third-order valence-corrected chi connectivity index (χ3v) is 3.32. The Hall–Kier alpha value is -1.42. The van der Waals surface area contributed by atoms with Crippen LogP contribution in [0.4, 0.5) is 10.5 Å². The molecule has 4 heteroatoms. The van der Waals surface area contributed by atoms with E-state index >= 15 is 0 Å². The van der Waals surface area contributed by atoms with Crippen LogP contribution in [0.15, 0.2) is 29.2 Å². The molecule has 1 aliphatic heterocycles. The minimum atomic E-state index is -0.282. The number of hydrogen-bond donors (Lipinski definition) is 0. The van der Waals surface area contributed by atoms with Gasteiger partial charge in [0.1, 0.15) is 0 Å². The van der Waals surface area contributed by atoms with Crippen LogP contribution in [0.2, 0.25) is 0 Å². The van der Waals surface area contributed by atoms with E-state index in [1.54, 1.807) is 16.7 Å². The van der Waals surface area contributed by atoms with Crippen LogP contribution in [0.3, 0.4) is 0 Å². The van der Waals surface area contributed by atoms with Gasteiger partial charge in [0.2, 0.25) is 0 Å². The Kier molecular flexibility index (Phi) is 3.74. The van der Waals surface area contributed by atoms with Crippen molar-refractivity contribution in [2.45, 2.75) is 11.8 Å². The summed E-state index contributed by atoms with van der Waals surface area (Å²) in [5.41, 5.74) is 1.99. The van der Waals surface area contributed by atoms with Gasteiger partial charge in [-0.15, -0.1) is 11.8 Å². The quantitative estimate of drug-likeness (QED) is 0.752. The van der Waals surface area contributed by atoms with Gasteiger partial charge in [-0.25, -0.2) is 4.79 Å². The van der Waals surface area contributed by atoms with Crippen molar-refractivity contribution < 1.29 is 9.53 Å². The third kappa shape index (κ3) is 2.47. The zero-order valence-electron chi connectivity index (χ0n) is 9.97. The molecule has 1 aliphatic rings. The smallest absolute Gasteiger partial charge is 0.414 e. The lowest BCUT2D eigenvalue weighted by Crippen LogP contribution is -2.33. The fourth-order valence-electron chi connectivity index (χ4n) is 1.80. The first-order valence-corrected chi connectivity index (χ1v) is 6.77. The van der Waals surface area contributed by atoms with Crippen molar-refractivity contribution in [2.24, 2.45) is 0 Å². The molecule has 90 valence electrons. The lowest BCUT2D eigenvalue weighted by molar-refractivity contribution is 0.160. The van der Waals surface area contributed by atoms with Crippen molar-refractivity contribution in [1.82, 2.24) is 0 Å². The van der Waals surface area contributed by atoms with Crippen molar-refractivity contribution in [3.05, 3.63) is 29.8 Å². The molecule has 0 atom stereocenters. The molecule has 1 aromatic carbocycles. The molecule has 0 N–H and O–H groups in total. The zero-order chi connectivity index (χ0) is 12.3. The number of rotatable bonds is 2. The molecular formula is C13H15NO2S. The van der Waals surface area contributed by atoms with Crippen LogP contribution < -0.4 is 4.90 Å². The van der Waals surface area contributed by atoms with Gasteiger partial charge in [0.05, 0.1) is 12.3 Å². The molecule has 0 aliphatic carbocycles. The summed E-state index contributed by atoms with van der Waals surface area (Å²) in [6, 6.07) is 6.08. The van der Waals surface area contributed by atoms with E-state index < -0.39 is 0 Å². The highest BCUT2D eigenvalue weighted by atomic mass is 32.2. The van der Waals surface area contributed by atoms with Crippen LogP contribution in [-0.4, -0.2) is 25.5 Å². The fourth-order valence-corrected chi connectivity index (χ4v) is 2.25. The Morgan fingerprint density at radius 3 is 3.06 bits per heavy atom. The maximum Gasteiger partial charge on any atom is 0.414 e. The Morgan fingerprint density at radius 2 is 2.35 bits per heavy atom. The number of thioether (sulfide) groups is 1. The lowest BCUT2D eigenvalue weighted by Gasteiger charge is -2.25. The van der Waals surface area contributed by atoms with Gasteiger partial charge in [-0.2, -0.15) is 0 Å². The molecule has 0 bridgehead atoms. The summed E-state index contributed by atoms with van der Waals surface area (Å²) in [6.45, 7) is 2.79. The maximum atomic E-state index is 11.8. The molecule has 0 spiro atoms. The second-order valence-electron chi connectivity index (χ2n) is 3.64. The number of fused-ring (bicyclic) bond motifs is 1. The molecule has 0 saturated heterocycles. The monoisotopic (exact) mass is 249 g/mol. The number of amides is 1. The Bertz CT molecular complexity index is 457. The molecule has 1 aromatic rings. The van der Waals surface area contributed by atoms with Gasteiger partial charge >= 0.3 is 6.09 Å². The summed E-state index contributed by atoms with van der Waals surface area (Å²) in [5, 5.41) is 0. The van der Waals surface area contributed by atoms with Crippen molar-refractivity contribution >= 4 is 29.6 Å². The number of carbonyl (C=O) groups excluding carboxylic acids is 1. The van der Waals surface area contributed by atoms with Gasteiger partial charge in [-0.05, 0) is 36.9 Å². The third-order valence-electron chi connectivity index (χ3n) is 2.60. The molecule has 0 unspecified atom stereocenters. The first-order valence-electron chi connectivity index (χ1n) is 5.55. The zero-order valence-corrected chi connectivity index (χ0v) is 10.8. The van der Waals surface area contributed by atoms with Crippen LogP contribution >= 0.6 is 11.8 Å². The predicted octanol–water partition coefficient (Wildman–Crippen LogP) is 3.40. The molecule has 2 rings (SSSR count). The highest BCUT2D eigenvalue weighted by Crippen LogP contribution is 2.30. The molecule has 3 nitrogen and oxygen atoms in total. The van der Waals surface area contributed by atoms with Crippen molar-refractivity contribution in [3.8, 4) is 0 Å². The van der Waals surface area contributed by atoms with E-state index in [-0.39, 0.29) is 6.09 Å². The number of carbonyl (C=O) groups is 1. The van der Waals surface area contributed by atoms with E-state index in [0.29, 0.717) is 13.2 Å². The molecule has 0 saturated carbocycles. The number of nitrogens with zero attached hydrogens (tertiary/aromatic N) is 1. The minimum Gasteiger partial charge on any atom is -0.449 e. The van der Waals surface area contributed by atoms with E-state index in [1.807, 2.05) is 37.5 Å². The molecular weight excluding hydrogens is 234 g/mol. The fraction of sp³-hybridized carbons (Fsp3) is 0.308. The first kappa shape index (κ1) is 12.0. The molecule has 0 fully saturated rings. The van der Waals surface area contributed by atoms with E-state index in [9.17, 15) is 4.79 Å². The van der Waals surface area contributed by atoms with E-state index in [4.69, 9.17) is 4.74 Å². The molecule has 1 heterocycles. The Morgan fingerprint density at radius 1 is 1.53 bits per heavy atom. The average Bonchev–Trinajstić information content (AvgIpc) is 2.37. The number of anilines is 1. The van der Waals surface area contributed by atoms with E-state index in [0.717, 1.165) is 11.3 Å². The second-order valence-corrected chi connectivity index (χ2v) is 4.52. The molecule has 0 aromatic heterocycles.